The lowest BCUT2D eigenvalue weighted by Crippen LogP contribution is -2.40. The third-order valence-corrected chi connectivity index (χ3v) is 1.70. The SMILES string of the molecule is C[C@](N)(C=O)Cc1ccccc1. The van der Waals surface area contributed by atoms with Crippen molar-refractivity contribution in [2.45, 2.75) is 18.9 Å². The van der Waals surface area contributed by atoms with Crippen LogP contribution in [0.5, 0.6) is 0 Å². The van der Waals surface area contributed by atoms with Crippen molar-refractivity contribution in [3.8, 4) is 0 Å². The van der Waals surface area contributed by atoms with E-state index in [4.69, 9.17) is 5.73 Å². The monoisotopic (exact) mass is 163 g/mol. The molecule has 0 saturated heterocycles. The van der Waals surface area contributed by atoms with E-state index < -0.39 is 5.54 Å². The summed E-state index contributed by atoms with van der Waals surface area (Å²) in [7, 11) is 0. The molecule has 0 aliphatic rings. The van der Waals surface area contributed by atoms with Gasteiger partial charge in [0.1, 0.15) is 6.29 Å². The van der Waals surface area contributed by atoms with Crippen LogP contribution < -0.4 is 5.73 Å². The van der Waals surface area contributed by atoms with Gasteiger partial charge in [0, 0.05) is 0 Å². The van der Waals surface area contributed by atoms with Crippen molar-refractivity contribution in [2.75, 3.05) is 0 Å². The summed E-state index contributed by atoms with van der Waals surface area (Å²) < 4.78 is 0. The van der Waals surface area contributed by atoms with Crippen molar-refractivity contribution in [1.29, 1.82) is 0 Å². The molecule has 2 nitrogen and oxygen atoms in total. The molecule has 0 spiro atoms. The van der Waals surface area contributed by atoms with Gasteiger partial charge < -0.3 is 10.5 Å². The molecule has 0 aliphatic carbocycles. The van der Waals surface area contributed by atoms with E-state index in [1.165, 1.54) is 0 Å². The summed E-state index contributed by atoms with van der Waals surface area (Å²) >= 11 is 0. The maximum absolute atomic E-state index is 10.5. The first kappa shape index (κ1) is 8.94. The van der Waals surface area contributed by atoms with E-state index in [1.807, 2.05) is 30.3 Å². The standard InChI is InChI=1S/C10H13NO/c1-10(11,8-12)7-9-5-3-2-4-6-9/h2-6,8H,7,11H2,1H3/t10-/m1/s1. The number of hydrogen-bond donors (Lipinski definition) is 1. The van der Waals surface area contributed by atoms with Crippen LogP contribution in [0.15, 0.2) is 30.3 Å². The summed E-state index contributed by atoms with van der Waals surface area (Å²) in [5, 5.41) is 0. The van der Waals surface area contributed by atoms with Gasteiger partial charge in [-0.2, -0.15) is 0 Å². The van der Waals surface area contributed by atoms with Crippen LogP contribution in [0.25, 0.3) is 0 Å². The van der Waals surface area contributed by atoms with Crippen molar-refractivity contribution < 1.29 is 4.79 Å². The van der Waals surface area contributed by atoms with E-state index in [1.54, 1.807) is 6.92 Å². The lowest BCUT2D eigenvalue weighted by Gasteiger charge is -2.16. The number of carbonyl (C=O) groups excluding carboxylic acids is 1. The summed E-state index contributed by atoms with van der Waals surface area (Å²) in [5.41, 5.74) is 6.04. The van der Waals surface area contributed by atoms with Crippen molar-refractivity contribution in [2.24, 2.45) is 5.73 Å². The van der Waals surface area contributed by atoms with Gasteiger partial charge in [0.15, 0.2) is 0 Å². The lowest BCUT2D eigenvalue weighted by atomic mass is 9.96. The zero-order valence-corrected chi connectivity index (χ0v) is 7.16. The van der Waals surface area contributed by atoms with Crippen LogP contribution in [0.1, 0.15) is 12.5 Å². The van der Waals surface area contributed by atoms with E-state index in [0.717, 1.165) is 11.8 Å². The molecular formula is C10H13NO. The Morgan fingerprint density at radius 3 is 2.50 bits per heavy atom. The van der Waals surface area contributed by atoms with E-state index in [9.17, 15) is 4.79 Å². The number of hydrogen-bond acceptors (Lipinski definition) is 2. The Morgan fingerprint density at radius 1 is 1.42 bits per heavy atom. The Morgan fingerprint density at radius 2 is 2.00 bits per heavy atom. The van der Waals surface area contributed by atoms with Crippen LogP contribution in [0.4, 0.5) is 0 Å². The molecule has 0 bridgehead atoms. The summed E-state index contributed by atoms with van der Waals surface area (Å²) in [6, 6.07) is 9.76. The van der Waals surface area contributed by atoms with Crippen molar-refractivity contribution in [1.82, 2.24) is 0 Å². The predicted molar refractivity (Wildman–Crippen MR) is 48.8 cm³/mol. The van der Waals surface area contributed by atoms with Crippen LogP contribution in [0.3, 0.4) is 0 Å². The van der Waals surface area contributed by atoms with Crippen LogP contribution in [0.2, 0.25) is 0 Å². The smallest absolute Gasteiger partial charge is 0.139 e. The maximum Gasteiger partial charge on any atom is 0.139 e. The molecule has 0 aliphatic heterocycles. The molecule has 2 N–H and O–H groups in total. The minimum atomic E-state index is -0.735. The van der Waals surface area contributed by atoms with Crippen molar-refractivity contribution in [3.05, 3.63) is 35.9 Å². The largest absolute Gasteiger partial charge is 0.319 e. The minimum Gasteiger partial charge on any atom is -0.319 e. The van der Waals surface area contributed by atoms with Gasteiger partial charge in [-0.15, -0.1) is 0 Å². The highest BCUT2D eigenvalue weighted by atomic mass is 16.1. The Kier molecular flexibility index (Phi) is 2.61. The zero-order chi connectivity index (χ0) is 9.03. The summed E-state index contributed by atoms with van der Waals surface area (Å²) in [6.45, 7) is 1.73. The van der Waals surface area contributed by atoms with Gasteiger partial charge in [-0.3, -0.25) is 0 Å². The van der Waals surface area contributed by atoms with Gasteiger partial charge in [-0.05, 0) is 18.9 Å². The summed E-state index contributed by atoms with van der Waals surface area (Å²) in [6.07, 6.45) is 1.39. The van der Waals surface area contributed by atoms with E-state index in [2.05, 4.69) is 0 Å². The highest BCUT2D eigenvalue weighted by Crippen LogP contribution is 2.07. The van der Waals surface area contributed by atoms with E-state index in [0.29, 0.717) is 6.42 Å². The Labute approximate surface area is 72.4 Å². The summed E-state index contributed by atoms with van der Waals surface area (Å²) in [4.78, 5) is 10.5. The van der Waals surface area contributed by atoms with Crippen LogP contribution in [-0.2, 0) is 11.2 Å². The topological polar surface area (TPSA) is 43.1 Å². The number of aldehydes is 1. The second-order valence-corrected chi connectivity index (χ2v) is 3.29. The fourth-order valence-electron chi connectivity index (χ4n) is 1.08. The molecule has 0 radical (unpaired) electrons. The normalized spacial score (nSPS) is 15.2. The fraction of sp³-hybridized carbons (Fsp3) is 0.300. The molecule has 0 fully saturated rings. The zero-order valence-electron chi connectivity index (χ0n) is 7.16. The molecule has 0 unspecified atom stereocenters. The molecule has 0 amide bonds. The predicted octanol–water partition coefficient (Wildman–Crippen LogP) is 1.15. The minimum absolute atomic E-state index is 0.595. The van der Waals surface area contributed by atoms with Gasteiger partial charge in [0.2, 0.25) is 0 Å². The van der Waals surface area contributed by atoms with Crippen molar-refractivity contribution >= 4 is 6.29 Å². The highest BCUT2D eigenvalue weighted by molar-refractivity contribution is 5.63. The number of benzene rings is 1. The van der Waals surface area contributed by atoms with Gasteiger partial charge in [-0.25, -0.2) is 0 Å². The molecule has 0 aromatic heterocycles. The second-order valence-electron chi connectivity index (χ2n) is 3.29. The first-order chi connectivity index (χ1) is 5.64. The van der Waals surface area contributed by atoms with E-state index in [-0.39, 0.29) is 0 Å². The molecule has 0 saturated carbocycles. The lowest BCUT2D eigenvalue weighted by molar-refractivity contribution is -0.111. The van der Waals surface area contributed by atoms with Crippen molar-refractivity contribution in [3.63, 3.8) is 0 Å². The van der Waals surface area contributed by atoms with Crippen LogP contribution in [-0.4, -0.2) is 11.8 Å². The third kappa shape index (κ3) is 2.47. The molecule has 1 aromatic rings. The van der Waals surface area contributed by atoms with E-state index >= 15 is 0 Å². The Bertz CT molecular complexity index is 254. The number of nitrogens with two attached hydrogens (primary N) is 1. The van der Waals surface area contributed by atoms with Crippen LogP contribution >= 0.6 is 0 Å². The molecule has 1 atom stereocenters. The maximum atomic E-state index is 10.5. The fourth-order valence-corrected chi connectivity index (χ4v) is 1.08. The van der Waals surface area contributed by atoms with Gasteiger partial charge in [-0.1, -0.05) is 30.3 Å². The molecular weight excluding hydrogens is 150 g/mol. The Hall–Kier alpha value is -1.15. The quantitative estimate of drug-likeness (QED) is 0.679. The highest BCUT2D eigenvalue weighted by Gasteiger charge is 2.16. The first-order valence-electron chi connectivity index (χ1n) is 3.93. The molecule has 1 rings (SSSR count). The summed E-state index contributed by atoms with van der Waals surface area (Å²) in [5.74, 6) is 0. The van der Waals surface area contributed by atoms with Gasteiger partial charge >= 0.3 is 0 Å². The van der Waals surface area contributed by atoms with Gasteiger partial charge in [0.05, 0.1) is 5.54 Å². The molecule has 1 aromatic carbocycles. The molecule has 12 heavy (non-hydrogen) atoms. The molecule has 64 valence electrons. The third-order valence-electron chi connectivity index (χ3n) is 1.70. The number of carbonyl (C=O) groups is 1. The first-order valence-corrected chi connectivity index (χ1v) is 3.93. The second kappa shape index (κ2) is 3.50. The molecule has 2 heteroatoms. The average molecular weight is 163 g/mol. The number of rotatable bonds is 3. The van der Waals surface area contributed by atoms with Gasteiger partial charge in [0.25, 0.3) is 0 Å². The average Bonchev–Trinajstić information content (AvgIpc) is 2.06. The van der Waals surface area contributed by atoms with Crippen LogP contribution in [0, 0.1) is 0 Å². The molecule has 0 heterocycles. The Balaban J connectivity index is 2.70.